The zero-order chi connectivity index (χ0) is 19.6. The summed E-state index contributed by atoms with van der Waals surface area (Å²) >= 11 is 0. The number of likely N-dealkylation sites (tertiary alicyclic amines) is 1. The molecule has 150 valence electrons. The van der Waals surface area contributed by atoms with Gasteiger partial charge in [0.25, 0.3) is 5.91 Å². The van der Waals surface area contributed by atoms with Crippen LogP contribution in [-0.4, -0.2) is 52.9 Å². The summed E-state index contributed by atoms with van der Waals surface area (Å²) in [4.78, 5) is 15.1. The van der Waals surface area contributed by atoms with Gasteiger partial charge in [-0.05, 0) is 62.6 Å². The SMILES string of the molecule is COc1cccc(CC2(CO)CCCN(C(=O)c3n[nH]c4c3CCCC4)C2)c1. The Labute approximate surface area is 165 Å². The van der Waals surface area contributed by atoms with Crippen molar-refractivity contribution in [1.82, 2.24) is 15.1 Å². The molecule has 0 saturated carbocycles. The van der Waals surface area contributed by atoms with Crippen LogP contribution >= 0.6 is 0 Å². The van der Waals surface area contributed by atoms with Crippen molar-refractivity contribution in [2.45, 2.75) is 44.9 Å². The van der Waals surface area contributed by atoms with Crippen LogP contribution in [0.4, 0.5) is 0 Å². The van der Waals surface area contributed by atoms with Gasteiger partial charge in [0.15, 0.2) is 5.69 Å². The van der Waals surface area contributed by atoms with Crippen LogP contribution in [0, 0.1) is 5.41 Å². The second kappa shape index (κ2) is 7.95. The van der Waals surface area contributed by atoms with Gasteiger partial charge >= 0.3 is 0 Å². The van der Waals surface area contributed by atoms with Crippen molar-refractivity contribution in [2.75, 3.05) is 26.8 Å². The molecule has 1 amide bonds. The first kappa shape index (κ1) is 19.0. The predicted octanol–water partition coefficient (Wildman–Crippen LogP) is 2.75. The van der Waals surface area contributed by atoms with Crippen molar-refractivity contribution in [2.24, 2.45) is 5.41 Å². The van der Waals surface area contributed by atoms with Gasteiger partial charge in [-0.3, -0.25) is 9.89 Å². The van der Waals surface area contributed by atoms with Gasteiger partial charge in [-0.1, -0.05) is 12.1 Å². The number of nitrogens with zero attached hydrogens (tertiary/aromatic N) is 2. The summed E-state index contributed by atoms with van der Waals surface area (Å²) in [7, 11) is 1.66. The quantitative estimate of drug-likeness (QED) is 0.832. The molecule has 0 bridgehead atoms. The summed E-state index contributed by atoms with van der Waals surface area (Å²) in [6.45, 7) is 1.34. The van der Waals surface area contributed by atoms with Crippen LogP contribution in [0.25, 0.3) is 0 Å². The van der Waals surface area contributed by atoms with Crippen LogP contribution in [0.3, 0.4) is 0 Å². The molecule has 4 rings (SSSR count). The van der Waals surface area contributed by atoms with E-state index in [2.05, 4.69) is 16.3 Å². The summed E-state index contributed by atoms with van der Waals surface area (Å²) in [6.07, 6.45) is 6.70. The molecule has 0 radical (unpaired) electrons. The highest BCUT2D eigenvalue weighted by Crippen LogP contribution is 2.35. The number of fused-ring (bicyclic) bond motifs is 1. The van der Waals surface area contributed by atoms with Gasteiger partial charge < -0.3 is 14.7 Å². The Bertz CT molecular complexity index is 847. The Kier molecular flexibility index (Phi) is 5.40. The van der Waals surface area contributed by atoms with E-state index in [1.807, 2.05) is 23.1 Å². The van der Waals surface area contributed by atoms with Crippen LogP contribution < -0.4 is 4.74 Å². The molecule has 2 heterocycles. The number of amides is 1. The summed E-state index contributed by atoms with van der Waals surface area (Å²) in [5.41, 5.74) is 3.61. The van der Waals surface area contributed by atoms with E-state index in [0.717, 1.165) is 74.1 Å². The molecule has 2 aliphatic rings. The second-order valence-corrected chi connectivity index (χ2v) is 8.25. The van der Waals surface area contributed by atoms with Crippen molar-refractivity contribution < 1.29 is 14.6 Å². The minimum absolute atomic E-state index is 0.00238. The van der Waals surface area contributed by atoms with Gasteiger partial charge in [0.1, 0.15) is 5.75 Å². The molecular weight excluding hydrogens is 354 g/mol. The number of aromatic nitrogens is 2. The molecule has 1 saturated heterocycles. The Morgan fingerprint density at radius 1 is 1.32 bits per heavy atom. The number of piperidine rings is 1. The summed E-state index contributed by atoms with van der Waals surface area (Å²) in [6, 6.07) is 7.97. The molecule has 1 aliphatic heterocycles. The van der Waals surface area contributed by atoms with Gasteiger partial charge in [0, 0.05) is 29.8 Å². The fourth-order valence-electron chi connectivity index (χ4n) is 4.73. The van der Waals surface area contributed by atoms with E-state index in [1.165, 1.54) is 0 Å². The molecule has 28 heavy (non-hydrogen) atoms. The van der Waals surface area contributed by atoms with E-state index in [9.17, 15) is 9.90 Å². The molecular formula is C22H29N3O3. The number of aryl methyl sites for hydroxylation is 1. The largest absolute Gasteiger partial charge is 0.497 e. The highest BCUT2D eigenvalue weighted by atomic mass is 16.5. The lowest BCUT2D eigenvalue weighted by Gasteiger charge is -2.42. The van der Waals surface area contributed by atoms with Crippen molar-refractivity contribution in [1.29, 1.82) is 0 Å². The highest BCUT2D eigenvalue weighted by molar-refractivity contribution is 5.94. The molecule has 1 unspecified atom stereocenters. The van der Waals surface area contributed by atoms with E-state index in [-0.39, 0.29) is 17.9 Å². The fraction of sp³-hybridized carbons (Fsp3) is 0.545. The molecule has 2 N–H and O–H groups in total. The minimum Gasteiger partial charge on any atom is -0.497 e. The number of aromatic amines is 1. The third-order valence-electron chi connectivity index (χ3n) is 6.26. The highest BCUT2D eigenvalue weighted by Gasteiger charge is 2.38. The number of methoxy groups -OCH3 is 1. The standard InChI is InChI=1S/C22H29N3O3/c1-28-17-7-4-6-16(12-17)13-22(15-26)10-5-11-25(14-22)21(27)20-18-8-2-3-9-19(18)23-24-20/h4,6-7,12,26H,2-3,5,8-11,13-15H2,1H3,(H,23,24). The van der Waals surface area contributed by atoms with Gasteiger partial charge in [0.05, 0.1) is 13.7 Å². The molecule has 2 aromatic rings. The maximum Gasteiger partial charge on any atom is 0.274 e. The zero-order valence-corrected chi connectivity index (χ0v) is 16.5. The van der Waals surface area contributed by atoms with Crippen molar-refractivity contribution in [3.63, 3.8) is 0 Å². The van der Waals surface area contributed by atoms with E-state index < -0.39 is 0 Å². The maximum atomic E-state index is 13.2. The lowest BCUT2D eigenvalue weighted by atomic mass is 9.75. The topological polar surface area (TPSA) is 78.5 Å². The second-order valence-electron chi connectivity index (χ2n) is 8.25. The number of nitrogens with one attached hydrogen (secondary N) is 1. The number of ether oxygens (including phenoxy) is 1. The average molecular weight is 383 g/mol. The molecule has 0 spiro atoms. The Morgan fingerprint density at radius 2 is 2.18 bits per heavy atom. The summed E-state index contributed by atoms with van der Waals surface area (Å²) < 4.78 is 5.33. The van der Waals surface area contributed by atoms with Gasteiger partial charge in [-0.15, -0.1) is 0 Å². The van der Waals surface area contributed by atoms with E-state index >= 15 is 0 Å². The fourth-order valence-corrected chi connectivity index (χ4v) is 4.73. The zero-order valence-electron chi connectivity index (χ0n) is 16.5. The third kappa shape index (κ3) is 3.65. The van der Waals surface area contributed by atoms with Crippen LogP contribution in [0.5, 0.6) is 5.75 Å². The van der Waals surface area contributed by atoms with Crippen molar-refractivity contribution in [3.05, 3.63) is 46.8 Å². The third-order valence-corrected chi connectivity index (χ3v) is 6.26. The van der Waals surface area contributed by atoms with Crippen molar-refractivity contribution >= 4 is 5.91 Å². The Hall–Kier alpha value is -2.34. The number of rotatable bonds is 5. The molecule has 6 heteroatoms. The molecule has 1 aliphatic carbocycles. The van der Waals surface area contributed by atoms with E-state index in [1.54, 1.807) is 7.11 Å². The average Bonchev–Trinajstić information content (AvgIpc) is 3.17. The lowest BCUT2D eigenvalue weighted by molar-refractivity contribution is 0.0267. The predicted molar refractivity (Wildman–Crippen MR) is 107 cm³/mol. The first-order chi connectivity index (χ1) is 13.6. The van der Waals surface area contributed by atoms with Crippen LogP contribution in [-0.2, 0) is 19.3 Å². The van der Waals surface area contributed by atoms with Crippen molar-refractivity contribution in [3.8, 4) is 5.75 Å². The number of aliphatic hydroxyl groups is 1. The first-order valence-electron chi connectivity index (χ1n) is 10.2. The number of hydrogen-bond acceptors (Lipinski definition) is 4. The molecule has 1 aromatic heterocycles. The Morgan fingerprint density at radius 3 is 3.00 bits per heavy atom. The first-order valence-corrected chi connectivity index (χ1v) is 10.2. The Balaban J connectivity index is 1.53. The number of hydrogen-bond donors (Lipinski definition) is 2. The van der Waals surface area contributed by atoms with Gasteiger partial charge in [-0.25, -0.2) is 0 Å². The van der Waals surface area contributed by atoms with Gasteiger partial charge in [-0.2, -0.15) is 5.10 Å². The van der Waals surface area contributed by atoms with Gasteiger partial charge in [0.2, 0.25) is 0 Å². The molecule has 6 nitrogen and oxygen atoms in total. The van der Waals surface area contributed by atoms with Crippen LogP contribution in [0.15, 0.2) is 24.3 Å². The lowest BCUT2D eigenvalue weighted by Crippen LogP contribution is -2.49. The molecule has 1 aromatic carbocycles. The summed E-state index contributed by atoms with van der Waals surface area (Å²) in [5, 5.41) is 17.7. The molecule has 1 fully saturated rings. The number of aliphatic hydroxyl groups excluding tert-OH is 1. The number of carbonyl (C=O) groups excluding carboxylic acids is 1. The molecule has 1 atom stereocenters. The number of H-pyrrole nitrogens is 1. The number of carbonyl (C=O) groups is 1. The van der Waals surface area contributed by atoms with Crippen LogP contribution in [0.1, 0.15) is 53.0 Å². The van der Waals surface area contributed by atoms with E-state index in [4.69, 9.17) is 4.74 Å². The number of benzene rings is 1. The summed E-state index contributed by atoms with van der Waals surface area (Å²) in [5.74, 6) is 0.819. The smallest absolute Gasteiger partial charge is 0.274 e. The van der Waals surface area contributed by atoms with Crippen LogP contribution in [0.2, 0.25) is 0 Å². The maximum absolute atomic E-state index is 13.2. The normalized spacial score (nSPS) is 22.0. The monoisotopic (exact) mass is 383 g/mol. The van der Waals surface area contributed by atoms with E-state index in [0.29, 0.717) is 12.2 Å². The minimum atomic E-state index is -0.323.